The quantitative estimate of drug-likeness (QED) is 0.869. The highest BCUT2D eigenvalue weighted by Crippen LogP contribution is 2.26. The summed E-state index contributed by atoms with van der Waals surface area (Å²) in [7, 11) is 3.66. The van der Waals surface area contributed by atoms with Gasteiger partial charge in [-0.25, -0.2) is 4.98 Å². The standard InChI is InChI=1S/C16H21N5O3/c1-20(2)16-18-13(9-14(22)19-16)11-6-8-21(10-11)15(23)4-3-12-5-7-17-24-12/h5,7,9,11H,3-4,6,8,10H2,1-2H3,(H,18,19,22). The smallest absolute Gasteiger partial charge is 0.252 e. The van der Waals surface area contributed by atoms with Crippen LogP contribution in [-0.4, -0.2) is 53.1 Å². The first-order valence-corrected chi connectivity index (χ1v) is 7.99. The lowest BCUT2D eigenvalue weighted by Gasteiger charge is -2.17. The molecule has 24 heavy (non-hydrogen) atoms. The van der Waals surface area contributed by atoms with Crippen molar-refractivity contribution >= 4 is 11.9 Å². The summed E-state index contributed by atoms with van der Waals surface area (Å²) < 4.78 is 5.01. The molecule has 0 aromatic carbocycles. The Hall–Kier alpha value is -2.64. The molecular formula is C16H21N5O3. The summed E-state index contributed by atoms with van der Waals surface area (Å²) in [6.45, 7) is 1.28. The maximum atomic E-state index is 12.3. The molecule has 3 rings (SSSR count). The molecular weight excluding hydrogens is 310 g/mol. The fraction of sp³-hybridized carbons (Fsp3) is 0.500. The Morgan fingerprint density at radius 2 is 2.33 bits per heavy atom. The second kappa shape index (κ2) is 6.86. The van der Waals surface area contributed by atoms with E-state index in [4.69, 9.17) is 4.52 Å². The van der Waals surface area contributed by atoms with E-state index in [1.165, 1.54) is 6.07 Å². The number of carbonyl (C=O) groups excluding carboxylic acids is 1. The highest BCUT2D eigenvalue weighted by Gasteiger charge is 2.28. The van der Waals surface area contributed by atoms with Crippen molar-refractivity contribution in [1.82, 2.24) is 20.0 Å². The van der Waals surface area contributed by atoms with Crippen molar-refractivity contribution in [3.8, 4) is 0 Å². The van der Waals surface area contributed by atoms with Gasteiger partial charge in [-0.1, -0.05) is 5.16 Å². The van der Waals surface area contributed by atoms with Crippen molar-refractivity contribution in [1.29, 1.82) is 0 Å². The molecule has 0 saturated carbocycles. The molecule has 8 heteroatoms. The zero-order chi connectivity index (χ0) is 17.1. The topological polar surface area (TPSA) is 95.3 Å². The summed E-state index contributed by atoms with van der Waals surface area (Å²) in [6.07, 6.45) is 3.34. The molecule has 1 amide bonds. The number of rotatable bonds is 5. The molecule has 3 heterocycles. The molecule has 0 radical (unpaired) electrons. The van der Waals surface area contributed by atoms with Gasteiger partial charge in [0, 0.05) is 58.1 Å². The van der Waals surface area contributed by atoms with Crippen molar-refractivity contribution in [3.63, 3.8) is 0 Å². The number of nitrogens with one attached hydrogen (secondary N) is 1. The molecule has 1 aliphatic heterocycles. The van der Waals surface area contributed by atoms with Crippen molar-refractivity contribution < 1.29 is 9.32 Å². The van der Waals surface area contributed by atoms with Crippen LogP contribution in [0.4, 0.5) is 5.95 Å². The van der Waals surface area contributed by atoms with Crippen LogP contribution in [-0.2, 0) is 11.2 Å². The fourth-order valence-corrected chi connectivity index (χ4v) is 2.87. The molecule has 1 saturated heterocycles. The van der Waals surface area contributed by atoms with Gasteiger partial charge in [-0.3, -0.25) is 14.6 Å². The third-order valence-corrected chi connectivity index (χ3v) is 4.21. The van der Waals surface area contributed by atoms with Crippen LogP contribution in [0.3, 0.4) is 0 Å². The Morgan fingerprint density at radius 3 is 3.04 bits per heavy atom. The van der Waals surface area contributed by atoms with Crippen LogP contribution >= 0.6 is 0 Å². The van der Waals surface area contributed by atoms with Gasteiger partial charge in [-0.05, 0) is 6.42 Å². The van der Waals surface area contributed by atoms with Gasteiger partial charge in [0.05, 0.1) is 11.9 Å². The first kappa shape index (κ1) is 16.2. The number of aromatic amines is 1. The molecule has 0 aliphatic carbocycles. The molecule has 1 unspecified atom stereocenters. The number of aromatic nitrogens is 3. The molecule has 1 fully saturated rings. The summed E-state index contributed by atoms with van der Waals surface area (Å²) in [4.78, 5) is 34.9. The minimum absolute atomic E-state index is 0.0894. The van der Waals surface area contributed by atoms with Gasteiger partial charge >= 0.3 is 0 Å². The van der Waals surface area contributed by atoms with Gasteiger partial charge in [0.2, 0.25) is 11.9 Å². The van der Waals surface area contributed by atoms with Crippen molar-refractivity contribution in [3.05, 3.63) is 40.1 Å². The van der Waals surface area contributed by atoms with Crippen LogP contribution < -0.4 is 10.5 Å². The molecule has 128 valence electrons. The second-order valence-corrected chi connectivity index (χ2v) is 6.19. The minimum Gasteiger partial charge on any atom is -0.361 e. The zero-order valence-electron chi connectivity index (χ0n) is 13.9. The number of amides is 1. The van der Waals surface area contributed by atoms with Gasteiger partial charge < -0.3 is 14.3 Å². The van der Waals surface area contributed by atoms with E-state index in [9.17, 15) is 9.59 Å². The summed E-state index contributed by atoms with van der Waals surface area (Å²) in [5.41, 5.74) is 0.576. The van der Waals surface area contributed by atoms with Crippen molar-refractivity contribution in [2.45, 2.75) is 25.2 Å². The van der Waals surface area contributed by atoms with E-state index >= 15 is 0 Å². The molecule has 1 N–H and O–H groups in total. The third-order valence-electron chi connectivity index (χ3n) is 4.21. The predicted octanol–water partition coefficient (Wildman–Crippen LogP) is 0.773. The second-order valence-electron chi connectivity index (χ2n) is 6.19. The average Bonchev–Trinajstić information content (AvgIpc) is 3.23. The lowest BCUT2D eigenvalue weighted by molar-refractivity contribution is -0.130. The summed E-state index contributed by atoms with van der Waals surface area (Å²) in [6, 6.07) is 3.29. The lowest BCUT2D eigenvalue weighted by Crippen LogP contribution is -2.29. The molecule has 2 aromatic rings. The maximum Gasteiger partial charge on any atom is 0.252 e. The van der Waals surface area contributed by atoms with E-state index < -0.39 is 0 Å². The molecule has 1 atom stereocenters. The number of H-pyrrole nitrogens is 1. The average molecular weight is 331 g/mol. The summed E-state index contributed by atoms with van der Waals surface area (Å²) in [5, 5.41) is 3.64. The van der Waals surface area contributed by atoms with Crippen LogP contribution in [0.2, 0.25) is 0 Å². The van der Waals surface area contributed by atoms with E-state index in [-0.39, 0.29) is 17.4 Å². The van der Waals surface area contributed by atoms with Crippen LogP contribution in [0.5, 0.6) is 0 Å². The Kier molecular flexibility index (Phi) is 4.64. The first-order chi connectivity index (χ1) is 11.5. The summed E-state index contributed by atoms with van der Waals surface area (Å²) >= 11 is 0. The Labute approximate surface area is 139 Å². The van der Waals surface area contributed by atoms with Crippen LogP contribution in [0, 0.1) is 0 Å². The van der Waals surface area contributed by atoms with Gasteiger partial charge in [0.15, 0.2) is 0 Å². The number of hydrogen-bond donors (Lipinski definition) is 1. The highest BCUT2D eigenvalue weighted by atomic mass is 16.5. The van der Waals surface area contributed by atoms with E-state index in [2.05, 4.69) is 15.1 Å². The van der Waals surface area contributed by atoms with Gasteiger partial charge in [-0.2, -0.15) is 0 Å². The molecule has 8 nitrogen and oxygen atoms in total. The molecule has 1 aliphatic rings. The minimum atomic E-state index is -0.168. The Bertz CT molecular complexity index is 753. The maximum absolute atomic E-state index is 12.3. The molecule has 2 aromatic heterocycles. The monoisotopic (exact) mass is 331 g/mol. The number of aryl methyl sites for hydroxylation is 1. The number of carbonyl (C=O) groups is 1. The number of anilines is 1. The predicted molar refractivity (Wildman–Crippen MR) is 87.9 cm³/mol. The number of nitrogens with zero attached hydrogens (tertiary/aromatic N) is 4. The normalized spacial score (nSPS) is 17.2. The van der Waals surface area contributed by atoms with E-state index in [0.717, 1.165) is 12.1 Å². The van der Waals surface area contributed by atoms with Crippen molar-refractivity contribution in [2.24, 2.45) is 0 Å². The Morgan fingerprint density at radius 1 is 1.50 bits per heavy atom. The van der Waals surface area contributed by atoms with Crippen LogP contribution in [0.25, 0.3) is 0 Å². The lowest BCUT2D eigenvalue weighted by atomic mass is 10.1. The van der Waals surface area contributed by atoms with E-state index in [0.29, 0.717) is 37.6 Å². The Balaban J connectivity index is 1.62. The van der Waals surface area contributed by atoms with Crippen LogP contribution in [0.15, 0.2) is 27.6 Å². The number of hydrogen-bond acceptors (Lipinski definition) is 6. The highest BCUT2D eigenvalue weighted by molar-refractivity contribution is 5.76. The fourth-order valence-electron chi connectivity index (χ4n) is 2.87. The molecule has 0 spiro atoms. The number of likely N-dealkylation sites (tertiary alicyclic amines) is 1. The van der Waals surface area contributed by atoms with E-state index in [1.54, 1.807) is 17.2 Å². The molecule has 0 bridgehead atoms. The van der Waals surface area contributed by atoms with Crippen LogP contribution in [0.1, 0.15) is 30.2 Å². The zero-order valence-corrected chi connectivity index (χ0v) is 13.9. The van der Waals surface area contributed by atoms with Gasteiger partial charge in [-0.15, -0.1) is 0 Å². The third kappa shape index (κ3) is 3.64. The van der Waals surface area contributed by atoms with E-state index in [1.807, 2.05) is 19.0 Å². The summed E-state index contributed by atoms with van der Waals surface area (Å²) in [5.74, 6) is 1.44. The van der Waals surface area contributed by atoms with Gasteiger partial charge in [0.25, 0.3) is 5.56 Å². The SMILES string of the molecule is CN(C)c1nc(C2CCN(C(=O)CCc3ccno3)C2)cc(=O)[nH]1. The van der Waals surface area contributed by atoms with Crippen molar-refractivity contribution in [2.75, 3.05) is 32.1 Å². The largest absolute Gasteiger partial charge is 0.361 e. The first-order valence-electron chi connectivity index (χ1n) is 7.99. The van der Waals surface area contributed by atoms with Gasteiger partial charge in [0.1, 0.15) is 5.76 Å².